The van der Waals surface area contributed by atoms with Gasteiger partial charge in [-0.25, -0.2) is 4.99 Å². The van der Waals surface area contributed by atoms with E-state index in [-0.39, 0.29) is 5.96 Å². The lowest BCUT2D eigenvalue weighted by Gasteiger charge is -2.41. The molecule has 3 aromatic rings. The quantitative estimate of drug-likeness (QED) is 0.599. The number of ether oxygens (including phenoxy) is 1. The molecule has 0 saturated heterocycles. The summed E-state index contributed by atoms with van der Waals surface area (Å²) in [7, 11) is 3.00. The number of hydroxylamine groups is 2. The Labute approximate surface area is 182 Å². The van der Waals surface area contributed by atoms with Crippen LogP contribution in [0.5, 0.6) is 0 Å². The van der Waals surface area contributed by atoms with Crippen LogP contribution < -0.4 is 11.5 Å². The van der Waals surface area contributed by atoms with Crippen molar-refractivity contribution < 1.29 is 9.57 Å². The predicted octanol–water partition coefficient (Wildman–Crippen LogP) is 3.80. The van der Waals surface area contributed by atoms with Crippen molar-refractivity contribution in [3.63, 3.8) is 0 Å². The van der Waals surface area contributed by atoms with Crippen LogP contribution in [0.3, 0.4) is 0 Å². The molecular formula is C25H26N4O2. The summed E-state index contributed by atoms with van der Waals surface area (Å²) in [5.41, 5.74) is 16.3. The first kappa shape index (κ1) is 20.8. The normalized spacial score (nSPS) is 19.3. The molecule has 0 aromatic heterocycles. The van der Waals surface area contributed by atoms with E-state index in [0.29, 0.717) is 12.0 Å². The number of aliphatic imine (C=N–C) groups is 1. The molecule has 0 amide bonds. The largest absolute Gasteiger partial charge is 0.368 e. The van der Waals surface area contributed by atoms with Crippen LogP contribution in [-0.4, -0.2) is 31.1 Å². The van der Waals surface area contributed by atoms with Gasteiger partial charge in [0.1, 0.15) is 0 Å². The first-order chi connectivity index (χ1) is 15.0. The van der Waals surface area contributed by atoms with Crippen molar-refractivity contribution in [2.24, 2.45) is 16.5 Å². The number of hydrogen-bond donors (Lipinski definition) is 2. The lowest BCUT2D eigenvalue weighted by molar-refractivity contribution is -0.225. The molecule has 0 spiro atoms. The van der Waals surface area contributed by atoms with Gasteiger partial charge in [-0.05, 0) is 28.0 Å². The van der Waals surface area contributed by atoms with Gasteiger partial charge in [0.05, 0.1) is 12.8 Å². The molecule has 0 bridgehead atoms. The van der Waals surface area contributed by atoms with Gasteiger partial charge >= 0.3 is 0 Å². The maximum Gasteiger partial charge on any atom is 0.250 e. The molecule has 6 nitrogen and oxygen atoms in total. The fourth-order valence-electron chi connectivity index (χ4n) is 3.78. The van der Waals surface area contributed by atoms with Crippen molar-refractivity contribution in [2.45, 2.75) is 12.3 Å². The molecule has 0 radical (unpaired) electrons. The Morgan fingerprint density at radius 2 is 1.65 bits per heavy atom. The summed E-state index contributed by atoms with van der Waals surface area (Å²) in [6.07, 6.45) is 4.48. The number of rotatable bonds is 6. The third-order valence-electron chi connectivity index (χ3n) is 5.38. The number of benzene rings is 3. The molecule has 158 valence electrons. The highest BCUT2D eigenvalue weighted by Crippen LogP contribution is 2.32. The van der Waals surface area contributed by atoms with E-state index in [0.717, 1.165) is 16.8 Å². The smallest absolute Gasteiger partial charge is 0.250 e. The number of hydrogen-bond acceptors (Lipinski definition) is 6. The zero-order valence-electron chi connectivity index (χ0n) is 17.7. The Morgan fingerprint density at radius 1 is 0.935 bits per heavy atom. The Bertz CT molecular complexity index is 1170. The van der Waals surface area contributed by atoms with E-state index in [9.17, 15) is 0 Å². The predicted molar refractivity (Wildman–Crippen MR) is 125 cm³/mol. The van der Waals surface area contributed by atoms with Gasteiger partial charge in [0.25, 0.3) is 5.85 Å². The Morgan fingerprint density at radius 3 is 2.35 bits per heavy atom. The summed E-state index contributed by atoms with van der Waals surface area (Å²) in [5.74, 6) is -1.28. The zero-order chi connectivity index (χ0) is 21.8. The van der Waals surface area contributed by atoms with Crippen molar-refractivity contribution in [3.05, 3.63) is 101 Å². The number of allylic oxidation sites excluding steroid dienone is 1. The molecule has 3 aromatic carbocycles. The second-order valence-corrected chi connectivity index (χ2v) is 7.31. The number of methoxy groups -OCH3 is 1. The van der Waals surface area contributed by atoms with Crippen LogP contribution in [0.15, 0.2) is 95.1 Å². The van der Waals surface area contributed by atoms with Crippen LogP contribution in [0.4, 0.5) is 0 Å². The first-order valence-electron chi connectivity index (χ1n) is 10.0. The molecule has 1 unspecified atom stereocenters. The molecule has 0 saturated carbocycles. The van der Waals surface area contributed by atoms with Gasteiger partial charge in [-0.1, -0.05) is 78.9 Å². The van der Waals surface area contributed by atoms with Crippen molar-refractivity contribution in [3.8, 4) is 0 Å². The minimum Gasteiger partial charge on any atom is -0.368 e. The molecule has 0 aliphatic carbocycles. The highest BCUT2D eigenvalue weighted by Gasteiger charge is 2.43. The van der Waals surface area contributed by atoms with Crippen LogP contribution in [0.25, 0.3) is 16.8 Å². The first-order valence-corrected chi connectivity index (χ1v) is 10.0. The maximum atomic E-state index is 6.66. The standard InChI is InChI=1S/C25H26N4O2/c1-30-25(27)22(15-13-19-12-14-20-10-6-7-11-21(20)16-19)23(28-24(26)29(25)31-2)17-18-8-4-3-5-9-18/h3-16H,17,27H2,1-2H3,(H2,26,28). The second kappa shape index (κ2) is 8.73. The minimum atomic E-state index is -1.42. The van der Waals surface area contributed by atoms with Gasteiger partial charge in [0, 0.05) is 19.1 Å². The van der Waals surface area contributed by atoms with Crippen molar-refractivity contribution >= 4 is 22.8 Å². The second-order valence-electron chi connectivity index (χ2n) is 7.31. The highest BCUT2D eigenvalue weighted by atomic mass is 16.7. The number of fused-ring (bicyclic) bond motifs is 1. The lowest BCUT2D eigenvalue weighted by atomic mass is 9.99. The van der Waals surface area contributed by atoms with Gasteiger partial charge in [0.15, 0.2) is 0 Å². The SMILES string of the molecule is CON1C(N)=NC(Cc2ccccc2)=C(C=Cc2ccc3ccccc3c2)C1(N)OC. The third-order valence-corrected chi connectivity index (χ3v) is 5.38. The molecule has 1 atom stereocenters. The van der Waals surface area contributed by atoms with Crippen LogP contribution in [0, 0.1) is 0 Å². The Kier molecular flexibility index (Phi) is 5.86. The fourth-order valence-corrected chi connectivity index (χ4v) is 3.78. The maximum absolute atomic E-state index is 6.66. The van der Waals surface area contributed by atoms with Gasteiger partial charge in [-0.2, -0.15) is 5.06 Å². The molecule has 1 heterocycles. The van der Waals surface area contributed by atoms with E-state index >= 15 is 0 Å². The van der Waals surface area contributed by atoms with Crippen LogP contribution in [0.1, 0.15) is 11.1 Å². The van der Waals surface area contributed by atoms with E-state index in [1.54, 1.807) is 0 Å². The van der Waals surface area contributed by atoms with E-state index in [1.807, 2.05) is 54.6 Å². The van der Waals surface area contributed by atoms with Gasteiger partial charge in [-0.15, -0.1) is 0 Å². The third kappa shape index (κ3) is 4.09. The number of guanidine groups is 1. The lowest BCUT2D eigenvalue weighted by Crippen LogP contribution is -2.63. The summed E-state index contributed by atoms with van der Waals surface area (Å²) in [6.45, 7) is 0. The molecular weight excluding hydrogens is 388 g/mol. The topological polar surface area (TPSA) is 86.1 Å². The fraction of sp³-hybridized carbons (Fsp3) is 0.160. The van der Waals surface area contributed by atoms with Crippen LogP contribution in [0.2, 0.25) is 0 Å². The number of nitrogens with two attached hydrogens (primary N) is 2. The van der Waals surface area contributed by atoms with Crippen molar-refractivity contribution in [2.75, 3.05) is 14.2 Å². The van der Waals surface area contributed by atoms with Crippen molar-refractivity contribution in [1.29, 1.82) is 0 Å². The highest BCUT2D eigenvalue weighted by molar-refractivity contribution is 5.85. The van der Waals surface area contributed by atoms with Crippen LogP contribution >= 0.6 is 0 Å². The minimum absolute atomic E-state index is 0.139. The molecule has 4 N–H and O–H groups in total. The summed E-state index contributed by atoms with van der Waals surface area (Å²) in [6, 6.07) is 24.6. The van der Waals surface area contributed by atoms with E-state index in [1.165, 1.54) is 30.1 Å². The summed E-state index contributed by atoms with van der Waals surface area (Å²) in [5, 5.41) is 3.63. The zero-order valence-corrected chi connectivity index (χ0v) is 17.7. The van der Waals surface area contributed by atoms with Gasteiger partial charge in [-0.3, -0.25) is 10.6 Å². The van der Waals surface area contributed by atoms with E-state index < -0.39 is 5.85 Å². The average Bonchev–Trinajstić information content (AvgIpc) is 2.79. The number of nitrogens with zero attached hydrogens (tertiary/aromatic N) is 2. The average molecular weight is 415 g/mol. The molecule has 31 heavy (non-hydrogen) atoms. The van der Waals surface area contributed by atoms with E-state index in [2.05, 4.69) is 35.3 Å². The molecule has 1 aliphatic heterocycles. The molecule has 1 aliphatic rings. The summed E-state index contributed by atoms with van der Waals surface area (Å²) in [4.78, 5) is 9.99. The van der Waals surface area contributed by atoms with Crippen LogP contribution in [-0.2, 0) is 16.0 Å². The van der Waals surface area contributed by atoms with E-state index in [4.69, 9.17) is 21.0 Å². The Balaban J connectivity index is 1.79. The van der Waals surface area contributed by atoms with Gasteiger partial charge < -0.3 is 10.5 Å². The molecule has 0 fully saturated rings. The van der Waals surface area contributed by atoms with Gasteiger partial charge in [0.2, 0.25) is 5.96 Å². The van der Waals surface area contributed by atoms with Crippen molar-refractivity contribution in [1.82, 2.24) is 5.06 Å². The Hall–Kier alpha value is -3.45. The molecule has 6 heteroatoms. The summed E-state index contributed by atoms with van der Waals surface area (Å²) < 4.78 is 5.70. The monoisotopic (exact) mass is 414 g/mol. The molecule has 4 rings (SSSR count). The summed E-state index contributed by atoms with van der Waals surface area (Å²) >= 11 is 0.